The van der Waals surface area contributed by atoms with Crippen LogP contribution in [0.2, 0.25) is 0 Å². The summed E-state index contributed by atoms with van der Waals surface area (Å²) in [5.74, 6) is 0.802. The lowest BCUT2D eigenvalue weighted by Crippen LogP contribution is -2.43. The van der Waals surface area contributed by atoms with Gasteiger partial charge in [-0.2, -0.15) is 5.10 Å². The fourth-order valence-electron chi connectivity index (χ4n) is 4.75. The molecule has 2 fully saturated rings. The van der Waals surface area contributed by atoms with Gasteiger partial charge in [0.1, 0.15) is 0 Å². The predicted octanol–water partition coefficient (Wildman–Crippen LogP) is 1.65. The average Bonchev–Trinajstić information content (AvgIpc) is 3.04. The smallest absolute Gasteiger partial charge is 0.237 e. The summed E-state index contributed by atoms with van der Waals surface area (Å²) in [6.07, 6.45) is 3.71. The van der Waals surface area contributed by atoms with Crippen LogP contribution in [0.15, 0.2) is 6.20 Å². The van der Waals surface area contributed by atoms with Crippen LogP contribution < -0.4 is 5.32 Å². The molecule has 2 aliphatic rings. The maximum atomic E-state index is 13.1. The first kappa shape index (κ1) is 20.8. The number of nitrogens with one attached hydrogen (secondary N) is 1. The summed E-state index contributed by atoms with van der Waals surface area (Å²) >= 11 is 0. The average molecular weight is 390 g/mol. The van der Waals surface area contributed by atoms with Crippen molar-refractivity contribution in [2.45, 2.75) is 59.7 Å². The van der Waals surface area contributed by atoms with Gasteiger partial charge in [0.15, 0.2) is 0 Å². The van der Waals surface area contributed by atoms with E-state index in [0.717, 1.165) is 43.7 Å². The molecule has 2 amide bonds. The molecular weight excluding hydrogens is 354 g/mol. The fourth-order valence-corrected chi connectivity index (χ4v) is 4.75. The number of carbonyl (C=O) groups is 2. The van der Waals surface area contributed by atoms with E-state index in [1.165, 1.54) is 0 Å². The number of aromatic nitrogens is 2. The van der Waals surface area contributed by atoms with Crippen molar-refractivity contribution in [3.63, 3.8) is 0 Å². The highest BCUT2D eigenvalue weighted by atomic mass is 16.2. The number of rotatable bonds is 7. The second-order valence-electron chi connectivity index (χ2n) is 9.07. The Balaban J connectivity index is 1.66. The third-order valence-corrected chi connectivity index (χ3v) is 6.35. The van der Waals surface area contributed by atoms with Gasteiger partial charge in [0.05, 0.1) is 11.7 Å². The van der Waals surface area contributed by atoms with E-state index in [9.17, 15) is 9.59 Å². The van der Waals surface area contributed by atoms with Gasteiger partial charge in [-0.15, -0.1) is 0 Å². The lowest BCUT2D eigenvalue weighted by Gasteiger charge is -2.24. The molecule has 1 N–H and O–H groups in total. The number of hydrogen-bond donors (Lipinski definition) is 1. The molecule has 3 rings (SSSR count). The molecule has 1 aliphatic heterocycles. The Labute approximate surface area is 168 Å². The summed E-state index contributed by atoms with van der Waals surface area (Å²) in [5.41, 5.74) is 2.05. The molecule has 7 heteroatoms. The maximum absolute atomic E-state index is 13.1. The molecular formula is C21H35N5O2. The maximum Gasteiger partial charge on any atom is 0.237 e. The van der Waals surface area contributed by atoms with E-state index < -0.39 is 0 Å². The van der Waals surface area contributed by atoms with E-state index in [2.05, 4.69) is 36.1 Å². The summed E-state index contributed by atoms with van der Waals surface area (Å²) in [5, 5.41) is 7.28. The quantitative estimate of drug-likeness (QED) is 0.770. The van der Waals surface area contributed by atoms with E-state index in [0.29, 0.717) is 12.5 Å². The van der Waals surface area contributed by atoms with Gasteiger partial charge in [-0.1, -0.05) is 13.8 Å². The molecule has 1 aliphatic carbocycles. The zero-order valence-corrected chi connectivity index (χ0v) is 18.2. The van der Waals surface area contributed by atoms with Crippen molar-refractivity contribution in [2.75, 3.05) is 27.2 Å². The number of amides is 2. The molecule has 156 valence electrons. The van der Waals surface area contributed by atoms with Crippen LogP contribution in [0.4, 0.5) is 0 Å². The minimum atomic E-state index is -0.111. The summed E-state index contributed by atoms with van der Waals surface area (Å²) in [7, 11) is 3.58. The molecule has 1 saturated heterocycles. The van der Waals surface area contributed by atoms with Crippen LogP contribution in [0, 0.1) is 24.2 Å². The minimum Gasteiger partial charge on any atom is -0.358 e. The third kappa shape index (κ3) is 3.95. The largest absolute Gasteiger partial charge is 0.358 e. The van der Waals surface area contributed by atoms with Gasteiger partial charge in [0.25, 0.3) is 0 Å². The van der Waals surface area contributed by atoms with Gasteiger partial charge in [-0.05, 0) is 38.0 Å². The van der Waals surface area contributed by atoms with Crippen molar-refractivity contribution in [3.05, 3.63) is 17.5 Å². The van der Waals surface area contributed by atoms with E-state index >= 15 is 0 Å². The molecule has 1 spiro atoms. The zero-order valence-electron chi connectivity index (χ0n) is 18.2. The van der Waals surface area contributed by atoms with E-state index in [-0.39, 0.29) is 29.2 Å². The van der Waals surface area contributed by atoms with Crippen LogP contribution >= 0.6 is 0 Å². The lowest BCUT2D eigenvalue weighted by molar-refractivity contribution is -0.132. The van der Waals surface area contributed by atoms with Crippen molar-refractivity contribution in [3.8, 4) is 0 Å². The highest BCUT2D eigenvalue weighted by Crippen LogP contribution is 2.60. The van der Waals surface area contributed by atoms with Crippen molar-refractivity contribution in [1.29, 1.82) is 0 Å². The summed E-state index contributed by atoms with van der Waals surface area (Å²) < 4.78 is 1.91. The SMILES string of the molecule is CCn1cc(CN(C)C(=O)[C@H]2C[C@@]23C[C@@H](C(=O)NC)N(CC(C)C)C3)c(C)n1. The number of aryl methyl sites for hydroxylation is 2. The van der Waals surface area contributed by atoms with Crippen LogP contribution in [-0.2, 0) is 22.7 Å². The first-order valence-electron chi connectivity index (χ1n) is 10.4. The van der Waals surface area contributed by atoms with Gasteiger partial charge in [-0.3, -0.25) is 19.2 Å². The molecule has 1 aromatic heterocycles. The van der Waals surface area contributed by atoms with Crippen LogP contribution in [0.5, 0.6) is 0 Å². The Morgan fingerprint density at radius 3 is 2.68 bits per heavy atom. The molecule has 2 heterocycles. The summed E-state index contributed by atoms with van der Waals surface area (Å²) in [6, 6.07) is -0.111. The molecule has 0 unspecified atom stereocenters. The Hall–Kier alpha value is -1.89. The number of hydrogen-bond acceptors (Lipinski definition) is 4. The zero-order chi connectivity index (χ0) is 20.6. The second-order valence-corrected chi connectivity index (χ2v) is 9.07. The van der Waals surface area contributed by atoms with Gasteiger partial charge < -0.3 is 10.2 Å². The third-order valence-electron chi connectivity index (χ3n) is 6.35. The highest BCUT2D eigenvalue weighted by molar-refractivity contribution is 5.85. The van der Waals surface area contributed by atoms with Crippen LogP contribution in [0.1, 0.15) is 44.9 Å². The van der Waals surface area contributed by atoms with Crippen LogP contribution in [0.25, 0.3) is 0 Å². The summed E-state index contributed by atoms with van der Waals surface area (Å²) in [6.45, 7) is 11.6. The monoisotopic (exact) mass is 389 g/mol. The fraction of sp³-hybridized carbons (Fsp3) is 0.762. The number of likely N-dealkylation sites (N-methyl/N-ethyl adjacent to an activating group) is 1. The van der Waals surface area contributed by atoms with Gasteiger partial charge in [0, 0.05) is 58.0 Å². The van der Waals surface area contributed by atoms with Gasteiger partial charge >= 0.3 is 0 Å². The lowest BCUT2D eigenvalue weighted by atomic mass is 9.98. The van der Waals surface area contributed by atoms with Crippen molar-refractivity contribution in [2.24, 2.45) is 17.3 Å². The molecule has 0 aromatic carbocycles. The van der Waals surface area contributed by atoms with Crippen LogP contribution in [-0.4, -0.2) is 64.6 Å². The Bertz CT molecular complexity index is 743. The Morgan fingerprint density at radius 2 is 2.11 bits per heavy atom. The van der Waals surface area contributed by atoms with Crippen molar-refractivity contribution >= 4 is 11.8 Å². The van der Waals surface area contributed by atoms with E-state index in [1.807, 2.05) is 29.7 Å². The first-order valence-corrected chi connectivity index (χ1v) is 10.4. The Kier molecular flexibility index (Phi) is 5.84. The highest BCUT2D eigenvalue weighted by Gasteiger charge is 2.64. The molecule has 1 saturated carbocycles. The van der Waals surface area contributed by atoms with Crippen LogP contribution in [0.3, 0.4) is 0 Å². The molecule has 3 atom stereocenters. The molecule has 0 radical (unpaired) electrons. The minimum absolute atomic E-state index is 0.0277. The topological polar surface area (TPSA) is 70.5 Å². The molecule has 0 bridgehead atoms. The number of likely N-dealkylation sites (tertiary alicyclic amines) is 1. The second kappa shape index (κ2) is 7.85. The Morgan fingerprint density at radius 1 is 1.39 bits per heavy atom. The van der Waals surface area contributed by atoms with Crippen molar-refractivity contribution in [1.82, 2.24) is 24.9 Å². The number of carbonyl (C=O) groups excluding carboxylic acids is 2. The first-order chi connectivity index (χ1) is 13.2. The number of nitrogens with zero attached hydrogens (tertiary/aromatic N) is 4. The van der Waals surface area contributed by atoms with Gasteiger partial charge in [0.2, 0.25) is 11.8 Å². The molecule has 7 nitrogen and oxygen atoms in total. The molecule has 1 aromatic rings. The summed E-state index contributed by atoms with van der Waals surface area (Å²) in [4.78, 5) is 29.6. The van der Waals surface area contributed by atoms with E-state index in [4.69, 9.17) is 0 Å². The standard InChI is InChI=1S/C21H35N5O2/c1-7-26-12-16(15(4)23-26)11-24(6)20(28)17-8-21(17)9-18(19(27)22-5)25(13-21)10-14(2)3/h12,14,17-18H,7-11,13H2,1-6H3,(H,22,27)/t17-,18+,21+/m1/s1. The molecule has 28 heavy (non-hydrogen) atoms. The normalized spacial score (nSPS) is 26.8. The van der Waals surface area contributed by atoms with E-state index in [1.54, 1.807) is 7.05 Å². The van der Waals surface area contributed by atoms with Crippen molar-refractivity contribution < 1.29 is 9.59 Å². The van der Waals surface area contributed by atoms with Gasteiger partial charge in [-0.25, -0.2) is 0 Å². The predicted molar refractivity (Wildman–Crippen MR) is 109 cm³/mol.